The minimum Gasteiger partial charge on any atom is -0.454 e. The van der Waals surface area contributed by atoms with Crippen LogP contribution in [0.3, 0.4) is 0 Å². The Morgan fingerprint density at radius 1 is 1.21 bits per heavy atom. The van der Waals surface area contributed by atoms with E-state index in [-0.39, 0.29) is 17.5 Å². The van der Waals surface area contributed by atoms with Gasteiger partial charge in [0.05, 0.1) is 0 Å². The lowest BCUT2D eigenvalue weighted by molar-refractivity contribution is -0.148. The predicted octanol–water partition coefficient (Wildman–Crippen LogP) is 4.18. The van der Waals surface area contributed by atoms with Gasteiger partial charge >= 0.3 is 5.97 Å². The lowest BCUT2D eigenvalue weighted by atomic mass is 9.70. The van der Waals surface area contributed by atoms with E-state index in [2.05, 4.69) is 13.8 Å². The van der Waals surface area contributed by atoms with Crippen LogP contribution >= 0.6 is 0 Å². The molecule has 1 aromatic rings. The lowest BCUT2D eigenvalue weighted by Gasteiger charge is -2.38. The quantitative estimate of drug-likeness (QED) is 0.704. The largest absolute Gasteiger partial charge is 0.454 e. The molecule has 0 spiro atoms. The maximum absolute atomic E-state index is 12.3. The van der Waals surface area contributed by atoms with Crippen molar-refractivity contribution in [2.24, 2.45) is 5.41 Å². The third kappa shape index (κ3) is 2.20. The van der Waals surface area contributed by atoms with Gasteiger partial charge in [0.2, 0.25) is 0 Å². The average molecular weight is 256 g/mol. The molecule has 3 rings (SSSR count). The van der Waals surface area contributed by atoms with Crippen molar-refractivity contribution in [3.8, 4) is 0 Å². The normalized spacial score (nSPS) is 25.8. The van der Waals surface area contributed by atoms with Crippen molar-refractivity contribution >= 4 is 5.97 Å². The molecule has 0 bridgehead atoms. The van der Waals surface area contributed by atoms with E-state index in [9.17, 15) is 4.79 Å². The highest BCUT2D eigenvalue weighted by Crippen LogP contribution is 2.47. The molecule has 1 unspecified atom stereocenters. The molecule has 1 aliphatic heterocycles. The van der Waals surface area contributed by atoms with Gasteiger partial charge in [0.1, 0.15) is 6.10 Å². The smallest absolute Gasteiger partial charge is 0.335 e. The fraction of sp³-hybridized carbons (Fsp3) is 0.471. The second-order valence-electron chi connectivity index (χ2n) is 6.22. The summed E-state index contributed by atoms with van der Waals surface area (Å²) in [5.41, 5.74) is 3.35. The van der Waals surface area contributed by atoms with E-state index in [1.54, 1.807) is 0 Å². The first-order valence-corrected chi connectivity index (χ1v) is 7.06. The highest BCUT2D eigenvalue weighted by Gasteiger charge is 2.40. The van der Waals surface area contributed by atoms with Crippen LogP contribution in [0.25, 0.3) is 0 Å². The summed E-state index contributed by atoms with van der Waals surface area (Å²) >= 11 is 0. The Morgan fingerprint density at radius 3 is 2.68 bits per heavy atom. The number of hydrogen-bond acceptors (Lipinski definition) is 2. The van der Waals surface area contributed by atoms with E-state index >= 15 is 0 Å². The zero-order chi connectivity index (χ0) is 13.5. The van der Waals surface area contributed by atoms with Crippen LogP contribution in [-0.2, 0) is 9.53 Å². The predicted molar refractivity (Wildman–Crippen MR) is 74.6 cm³/mol. The van der Waals surface area contributed by atoms with Crippen molar-refractivity contribution < 1.29 is 9.53 Å². The molecule has 2 nitrogen and oxygen atoms in total. The Kier molecular flexibility index (Phi) is 2.96. The number of rotatable bonds is 1. The lowest BCUT2D eigenvalue weighted by Crippen LogP contribution is -2.32. The SMILES string of the molecule is CC1(C)CCCC2=C1C(=O)OC(c1ccccc1)C2. The number of carbonyl (C=O) groups excluding carboxylic acids is 1. The molecule has 19 heavy (non-hydrogen) atoms. The molecule has 2 aliphatic rings. The number of benzene rings is 1. The van der Waals surface area contributed by atoms with Gasteiger partial charge in [-0.05, 0) is 30.2 Å². The van der Waals surface area contributed by atoms with Crippen molar-refractivity contribution in [2.45, 2.75) is 45.6 Å². The molecule has 0 amide bonds. The van der Waals surface area contributed by atoms with E-state index < -0.39 is 0 Å². The van der Waals surface area contributed by atoms with E-state index in [0.717, 1.165) is 30.4 Å². The summed E-state index contributed by atoms with van der Waals surface area (Å²) in [7, 11) is 0. The Balaban J connectivity index is 1.94. The molecule has 1 aliphatic carbocycles. The minimum absolute atomic E-state index is 0.0215. The number of ether oxygens (including phenoxy) is 1. The minimum atomic E-state index is -0.0974. The number of esters is 1. The summed E-state index contributed by atoms with van der Waals surface area (Å²) in [5.74, 6) is -0.0974. The van der Waals surface area contributed by atoms with Crippen molar-refractivity contribution in [3.05, 3.63) is 47.0 Å². The van der Waals surface area contributed by atoms with Gasteiger partial charge in [0.15, 0.2) is 0 Å². The Morgan fingerprint density at radius 2 is 1.95 bits per heavy atom. The zero-order valence-electron chi connectivity index (χ0n) is 11.6. The summed E-state index contributed by atoms with van der Waals surface area (Å²) < 4.78 is 5.68. The molecule has 0 fully saturated rings. The molecule has 1 atom stereocenters. The van der Waals surface area contributed by atoms with Gasteiger partial charge in [0, 0.05) is 12.0 Å². The summed E-state index contributed by atoms with van der Waals surface area (Å²) in [5, 5.41) is 0. The molecule has 2 heteroatoms. The average Bonchev–Trinajstić information content (AvgIpc) is 2.38. The standard InChI is InChI=1S/C17H20O2/c1-17(2)10-6-9-13-11-14(19-16(18)15(13)17)12-7-4-3-5-8-12/h3-5,7-8,14H,6,9-11H2,1-2H3. The van der Waals surface area contributed by atoms with Crippen molar-refractivity contribution in [3.63, 3.8) is 0 Å². The van der Waals surface area contributed by atoms with Gasteiger partial charge < -0.3 is 4.74 Å². The van der Waals surface area contributed by atoms with E-state index in [4.69, 9.17) is 4.74 Å². The van der Waals surface area contributed by atoms with Crippen LogP contribution in [0.4, 0.5) is 0 Å². The highest BCUT2D eigenvalue weighted by atomic mass is 16.5. The molecule has 1 aromatic carbocycles. The fourth-order valence-corrected chi connectivity index (χ4v) is 3.40. The summed E-state index contributed by atoms with van der Waals surface area (Å²) in [6.07, 6.45) is 4.09. The van der Waals surface area contributed by atoms with Gasteiger partial charge in [-0.25, -0.2) is 4.79 Å². The highest BCUT2D eigenvalue weighted by molar-refractivity contribution is 5.92. The Bertz CT molecular complexity index is 525. The van der Waals surface area contributed by atoms with Crippen molar-refractivity contribution in [1.82, 2.24) is 0 Å². The first-order chi connectivity index (χ1) is 9.08. The van der Waals surface area contributed by atoms with Crippen LogP contribution in [-0.4, -0.2) is 5.97 Å². The van der Waals surface area contributed by atoms with Crippen LogP contribution in [0.2, 0.25) is 0 Å². The van der Waals surface area contributed by atoms with E-state index in [1.165, 1.54) is 12.0 Å². The van der Waals surface area contributed by atoms with Gasteiger partial charge in [-0.2, -0.15) is 0 Å². The first-order valence-electron chi connectivity index (χ1n) is 7.06. The molecule has 0 aromatic heterocycles. The topological polar surface area (TPSA) is 26.3 Å². The molecule has 0 saturated carbocycles. The molecule has 100 valence electrons. The van der Waals surface area contributed by atoms with Crippen LogP contribution in [0, 0.1) is 5.41 Å². The molecule has 0 N–H and O–H groups in total. The fourth-order valence-electron chi connectivity index (χ4n) is 3.40. The monoisotopic (exact) mass is 256 g/mol. The summed E-state index contributed by atoms with van der Waals surface area (Å²) in [6, 6.07) is 10.1. The van der Waals surface area contributed by atoms with Crippen LogP contribution in [0.5, 0.6) is 0 Å². The maximum Gasteiger partial charge on any atom is 0.335 e. The van der Waals surface area contributed by atoms with Gasteiger partial charge in [-0.1, -0.05) is 49.8 Å². The van der Waals surface area contributed by atoms with Crippen molar-refractivity contribution in [2.75, 3.05) is 0 Å². The van der Waals surface area contributed by atoms with Gasteiger partial charge in [-0.15, -0.1) is 0 Å². The van der Waals surface area contributed by atoms with Gasteiger partial charge in [0.25, 0.3) is 0 Å². The third-order valence-electron chi connectivity index (χ3n) is 4.37. The van der Waals surface area contributed by atoms with E-state index in [0.29, 0.717) is 0 Å². The third-order valence-corrected chi connectivity index (χ3v) is 4.37. The number of cyclic esters (lactones) is 1. The second-order valence-corrected chi connectivity index (χ2v) is 6.22. The summed E-state index contributed by atoms with van der Waals surface area (Å²) in [6.45, 7) is 4.32. The Labute approximate surface area is 114 Å². The van der Waals surface area contributed by atoms with Crippen LogP contribution in [0.15, 0.2) is 41.5 Å². The number of carbonyl (C=O) groups is 1. The number of hydrogen-bond donors (Lipinski definition) is 0. The van der Waals surface area contributed by atoms with Crippen LogP contribution < -0.4 is 0 Å². The first kappa shape index (κ1) is 12.5. The molecule has 0 radical (unpaired) electrons. The Hall–Kier alpha value is -1.57. The maximum atomic E-state index is 12.3. The molecule has 0 saturated heterocycles. The second kappa shape index (κ2) is 4.52. The van der Waals surface area contributed by atoms with Crippen molar-refractivity contribution in [1.29, 1.82) is 0 Å². The summed E-state index contributed by atoms with van der Waals surface area (Å²) in [4.78, 5) is 12.3. The van der Waals surface area contributed by atoms with E-state index in [1.807, 2.05) is 30.3 Å². The molecule has 1 heterocycles. The van der Waals surface area contributed by atoms with Crippen LogP contribution in [0.1, 0.15) is 51.2 Å². The van der Waals surface area contributed by atoms with Gasteiger partial charge in [-0.3, -0.25) is 0 Å². The molecular weight excluding hydrogens is 236 g/mol. The molecular formula is C17H20O2. The zero-order valence-corrected chi connectivity index (χ0v) is 11.6.